The summed E-state index contributed by atoms with van der Waals surface area (Å²) in [5.74, 6) is 8.09. The molecule has 172 valence electrons. The van der Waals surface area contributed by atoms with Crippen LogP contribution in [0.3, 0.4) is 0 Å². The Kier molecular flexibility index (Phi) is 7.45. The highest BCUT2D eigenvalue weighted by Gasteiger charge is 2.13. The van der Waals surface area contributed by atoms with Gasteiger partial charge in [0.15, 0.2) is 5.82 Å². The van der Waals surface area contributed by atoms with Gasteiger partial charge in [-0.2, -0.15) is 13.6 Å². The van der Waals surface area contributed by atoms with Crippen LogP contribution < -0.4 is 10.6 Å². The number of hydrogen-bond donors (Lipinski definition) is 1. The van der Waals surface area contributed by atoms with E-state index in [1.165, 1.54) is 28.6 Å². The largest absolute Gasteiger partial charge is 0.435 e. The van der Waals surface area contributed by atoms with E-state index in [1.54, 1.807) is 16.9 Å². The number of alkyl halides is 2. The van der Waals surface area contributed by atoms with Crippen molar-refractivity contribution in [3.63, 3.8) is 0 Å². The summed E-state index contributed by atoms with van der Waals surface area (Å²) in [6.45, 7) is -2.16. The molecule has 0 saturated heterocycles. The van der Waals surface area contributed by atoms with Gasteiger partial charge in [-0.1, -0.05) is 48.5 Å². The first kappa shape index (κ1) is 22.6. The molecule has 0 amide bonds. The first-order chi connectivity index (χ1) is 16.1. The summed E-state index contributed by atoms with van der Waals surface area (Å²) < 4.78 is 30.3. The smallest absolute Gasteiger partial charge is 0.387 e. The number of nitrogens with zero attached hydrogens (tertiary/aromatic N) is 7. The van der Waals surface area contributed by atoms with Crippen LogP contribution >= 0.6 is 11.8 Å². The number of tetrazole rings is 1. The topological polar surface area (TPSA) is 110 Å². The molecule has 0 radical (unpaired) electrons. The van der Waals surface area contributed by atoms with Gasteiger partial charge in [0.2, 0.25) is 11.0 Å². The maximum Gasteiger partial charge on any atom is 0.387 e. The summed E-state index contributed by atoms with van der Waals surface area (Å²) in [5.41, 5.74) is 1.61. The zero-order valence-electron chi connectivity index (χ0n) is 17.6. The minimum atomic E-state index is -2.86. The molecule has 2 heterocycles. The van der Waals surface area contributed by atoms with E-state index in [0.29, 0.717) is 28.9 Å². The molecule has 12 heteroatoms. The lowest BCUT2D eigenvalue weighted by molar-refractivity contribution is -0.0498. The number of halogens is 2. The Morgan fingerprint density at radius 1 is 0.909 bits per heavy atom. The number of nitrogen functional groups attached to an aromatic ring is 1. The van der Waals surface area contributed by atoms with Gasteiger partial charge in [0.1, 0.15) is 5.75 Å². The molecule has 0 unspecified atom stereocenters. The van der Waals surface area contributed by atoms with Crippen LogP contribution in [0.5, 0.6) is 5.75 Å². The van der Waals surface area contributed by atoms with E-state index in [0.717, 1.165) is 30.6 Å². The molecule has 33 heavy (non-hydrogen) atoms. The second-order valence-electron chi connectivity index (χ2n) is 7.06. The SMILES string of the molecule is Nn1c(SCCCCCn2nnc(-c3ccccc3)n2)nnc1-c1ccc(OC(F)F)cc1. The lowest BCUT2D eigenvalue weighted by Crippen LogP contribution is -2.11. The number of rotatable bonds is 11. The van der Waals surface area contributed by atoms with Crippen molar-refractivity contribution >= 4 is 11.8 Å². The van der Waals surface area contributed by atoms with Crippen LogP contribution in [0.1, 0.15) is 19.3 Å². The third-order valence-electron chi connectivity index (χ3n) is 4.72. The molecule has 0 aliphatic heterocycles. The molecule has 0 bridgehead atoms. The summed E-state index contributed by atoms with van der Waals surface area (Å²) in [5, 5.41) is 21.4. The van der Waals surface area contributed by atoms with Crippen molar-refractivity contribution in [2.45, 2.75) is 37.6 Å². The van der Waals surface area contributed by atoms with E-state index >= 15 is 0 Å². The Hall–Kier alpha value is -3.54. The minimum Gasteiger partial charge on any atom is -0.435 e. The van der Waals surface area contributed by atoms with Crippen LogP contribution in [0.2, 0.25) is 0 Å². The lowest BCUT2D eigenvalue weighted by Gasteiger charge is -2.06. The minimum absolute atomic E-state index is 0.0730. The summed E-state index contributed by atoms with van der Waals surface area (Å²) in [6.07, 6.45) is 2.89. The van der Waals surface area contributed by atoms with Crippen molar-refractivity contribution in [1.29, 1.82) is 0 Å². The van der Waals surface area contributed by atoms with Gasteiger partial charge in [-0.3, -0.25) is 0 Å². The fraction of sp³-hybridized carbons (Fsp3) is 0.286. The lowest BCUT2D eigenvalue weighted by atomic mass is 10.2. The summed E-state index contributed by atoms with van der Waals surface area (Å²) >= 11 is 1.51. The number of aryl methyl sites for hydroxylation is 1. The van der Waals surface area contributed by atoms with Gasteiger partial charge in [-0.05, 0) is 42.3 Å². The molecular formula is C21H22F2N8OS. The highest BCUT2D eigenvalue weighted by atomic mass is 32.2. The van der Waals surface area contributed by atoms with Crippen molar-refractivity contribution in [3.05, 3.63) is 54.6 Å². The molecule has 0 fully saturated rings. The fourth-order valence-corrected chi connectivity index (χ4v) is 3.95. The zero-order valence-corrected chi connectivity index (χ0v) is 18.4. The standard InChI is InChI=1S/C21H22F2N8OS/c22-20(23)32-17-11-9-16(10-12-17)19-26-27-21(31(19)24)33-14-6-2-5-13-30-28-18(25-29-30)15-7-3-1-4-8-15/h1,3-4,7-12,20H,2,5-6,13-14,24H2. The van der Waals surface area contributed by atoms with Crippen LogP contribution in [-0.2, 0) is 6.54 Å². The van der Waals surface area contributed by atoms with Crippen LogP contribution in [0.4, 0.5) is 8.78 Å². The van der Waals surface area contributed by atoms with E-state index in [9.17, 15) is 8.78 Å². The van der Waals surface area contributed by atoms with E-state index < -0.39 is 6.61 Å². The van der Waals surface area contributed by atoms with Gasteiger partial charge in [0, 0.05) is 16.9 Å². The molecule has 0 aliphatic rings. The van der Waals surface area contributed by atoms with Gasteiger partial charge in [-0.25, -0.2) is 4.68 Å². The molecule has 0 saturated carbocycles. The third kappa shape index (κ3) is 6.04. The highest BCUT2D eigenvalue weighted by Crippen LogP contribution is 2.25. The van der Waals surface area contributed by atoms with Crippen molar-refractivity contribution in [3.8, 4) is 28.5 Å². The normalized spacial score (nSPS) is 11.2. The predicted octanol–water partition coefficient (Wildman–Crippen LogP) is 3.88. The monoisotopic (exact) mass is 472 g/mol. The molecule has 2 aromatic carbocycles. The molecule has 0 aliphatic carbocycles. The molecule has 0 atom stereocenters. The van der Waals surface area contributed by atoms with Gasteiger partial charge < -0.3 is 10.6 Å². The number of ether oxygens (including phenoxy) is 1. The Morgan fingerprint density at radius 2 is 1.70 bits per heavy atom. The van der Waals surface area contributed by atoms with Crippen LogP contribution in [-0.4, -0.2) is 47.4 Å². The van der Waals surface area contributed by atoms with Gasteiger partial charge in [0.05, 0.1) is 6.54 Å². The Labute approximate surface area is 192 Å². The van der Waals surface area contributed by atoms with Crippen LogP contribution in [0.15, 0.2) is 59.8 Å². The fourth-order valence-electron chi connectivity index (χ4n) is 3.09. The van der Waals surface area contributed by atoms with Gasteiger partial charge in [-0.15, -0.1) is 20.4 Å². The summed E-state index contributed by atoms with van der Waals surface area (Å²) in [7, 11) is 0. The van der Waals surface area contributed by atoms with E-state index in [2.05, 4.69) is 30.3 Å². The average Bonchev–Trinajstić information content (AvgIpc) is 3.44. The Balaban J connectivity index is 1.20. The van der Waals surface area contributed by atoms with Crippen molar-refractivity contribution in [2.24, 2.45) is 0 Å². The highest BCUT2D eigenvalue weighted by molar-refractivity contribution is 7.99. The molecule has 0 spiro atoms. The second-order valence-corrected chi connectivity index (χ2v) is 8.13. The zero-order chi connectivity index (χ0) is 23.0. The Bertz CT molecular complexity index is 1150. The number of hydrogen-bond acceptors (Lipinski definition) is 8. The Morgan fingerprint density at radius 3 is 2.45 bits per heavy atom. The van der Waals surface area contributed by atoms with Crippen molar-refractivity contribution in [1.82, 2.24) is 35.1 Å². The molecule has 2 aromatic heterocycles. The predicted molar refractivity (Wildman–Crippen MR) is 120 cm³/mol. The van der Waals surface area contributed by atoms with E-state index in [4.69, 9.17) is 5.84 Å². The van der Waals surface area contributed by atoms with E-state index in [1.807, 2.05) is 30.3 Å². The van der Waals surface area contributed by atoms with Crippen LogP contribution in [0.25, 0.3) is 22.8 Å². The summed E-state index contributed by atoms with van der Waals surface area (Å²) in [6, 6.07) is 15.9. The van der Waals surface area contributed by atoms with Gasteiger partial charge >= 0.3 is 6.61 Å². The first-order valence-corrected chi connectivity index (χ1v) is 11.3. The van der Waals surface area contributed by atoms with E-state index in [-0.39, 0.29) is 5.75 Å². The molecule has 2 N–H and O–H groups in total. The second kappa shape index (κ2) is 10.9. The first-order valence-electron chi connectivity index (χ1n) is 10.3. The molecule has 4 rings (SSSR count). The maximum absolute atomic E-state index is 12.3. The van der Waals surface area contributed by atoms with Gasteiger partial charge in [0.25, 0.3) is 0 Å². The summed E-state index contributed by atoms with van der Waals surface area (Å²) in [4.78, 5) is 1.62. The number of unbranched alkanes of at least 4 members (excludes halogenated alkanes) is 2. The average molecular weight is 473 g/mol. The maximum atomic E-state index is 12.3. The van der Waals surface area contributed by atoms with Crippen molar-refractivity contribution < 1.29 is 13.5 Å². The third-order valence-corrected chi connectivity index (χ3v) is 5.75. The molecule has 4 aromatic rings. The van der Waals surface area contributed by atoms with Crippen molar-refractivity contribution in [2.75, 3.05) is 11.6 Å². The quantitative estimate of drug-likeness (QED) is 0.199. The number of aromatic nitrogens is 7. The molecular weight excluding hydrogens is 450 g/mol. The number of benzene rings is 2. The van der Waals surface area contributed by atoms with Crippen LogP contribution in [0, 0.1) is 0 Å². The molecule has 9 nitrogen and oxygen atoms in total. The number of nitrogens with two attached hydrogens (primary N) is 1. The number of thioether (sulfide) groups is 1.